The number of fused-ring (bicyclic) bond motifs is 1. The first-order valence-corrected chi connectivity index (χ1v) is 10.3. The van der Waals surface area contributed by atoms with Gasteiger partial charge in [-0.1, -0.05) is 28.1 Å². The molecule has 8 heteroatoms. The van der Waals surface area contributed by atoms with Crippen LogP contribution < -0.4 is 9.47 Å². The van der Waals surface area contributed by atoms with Gasteiger partial charge in [-0.3, -0.25) is 0 Å². The normalized spacial score (nSPS) is 11.4. The number of imidazole rings is 1. The van der Waals surface area contributed by atoms with Crippen LogP contribution in [0.3, 0.4) is 0 Å². The fraction of sp³-hybridized carbons (Fsp3) is 0.0833. The molecule has 0 aliphatic rings. The van der Waals surface area contributed by atoms with Crippen LogP contribution in [0, 0.1) is 23.0 Å². The van der Waals surface area contributed by atoms with Crippen LogP contribution in [0.15, 0.2) is 59.1 Å². The smallest absolute Gasteiger partial charge is 0.162 e. The Morgan fingerprint density at radius 1 is 1.09 bits per heavy atom. The molecule has 0 bridgehead atoms. The summed E-state index contributed by atoms with van der Waals surface area (Å²) in [5, 5.41) is 9.67. The van der Waals surface area contributed by atoms with Crippen molar-refractivity contribution >= 4 is 38.6 Å². The summed E-state index contributed by atoms with van der Waals surface area (Å²) < 4.78 is 38.5. The summed E-state index contributed by atoms with van der Waals surface area (Å²) in [6.07, 6.45) is 1.64. The lowest BCUT2D eigenvalue weighted by Gasteiger charge is -2.13. The molecule has 0 unspecified atom stereocenters. The molecular weight excluding hydrogens is 480 g/mol. The molecule has 3 aromatic carbocycles. The minimum Gasteiger partial charge on any atom is -0.493 e. The molecule has 1 aromatic heterocycles. The van der Waals surface area contributed by atoms with E-state index in [2.05, 4.69) is 32.0 Å². The van der Waals surface area contributed by atoms with Crippen LogP contribution in [0.25, 0.3) is 22.7 Å². The molecule has 0 spiro atoms. The van der Waals surface area contributed by atoms with Crippen LogP contribution in [0.4, 0.5) is 8.78 Å². The van der Waals surface area contributed by atoms with Gasteiger partial charge in [0, 0.05) is 4.47 Å². The molecule has 1 N–H and O–H groups in total. The Labute approximate surface area is 191 Å². The van der Waals surface area contributed by atoms with Crippen LogP contribution in [0.5, 0.6) is 11.5 Å². The van der Waals surface area contributed by atoms with Crippen molar-refractivity contribution in [3.8, 4) is 17.6 Å². The lowest BCUT2D eigenvalue weighted by Crippen LogP contribution is -1.98. The summed E-state index contributed by atoms with van der Waals surface area (Å²) in [5.74, 6) is 0.576. The highest BCUT2D eigenvalue weighted by molar-refractivity contribution is 9.10. The van der Waals surface area contributed by atoms with E-state index in [4.69, 9.17) is 9.47 Å². The van der Waals surface area contributed by atoms with Crippen molar-refractivity contribution in [3.63, 3.8) is 0 Å². The van der Waals surface area contributed by atoms with Gasteiger partial charge in [-0.05, 0) is 59.7 Å². The molecule has 4 rings (SSSR count). The molecule has 160 valence electrons. The Kier molecular flexibility index (Phi) is 6.19. The van der Waals surface area contributed by atoms with E-state index >= 15 is 0 Å². The minimum atomic E-state index is -0.390. The SMILES string of the molecule is COc1cc(/C=C(/C#N)c2nc3ccc(F)cc3[nH]2)c(Br)cc1OCc1ccc(F)cc1. The number of nitriles is 1. The lowest BCUT2D eigenvalue weighted by molar-refractivity contribution is 0.284. The molecule has 5 nitrogen and oxygen atoms in total. The summed E-state index contributed by atoms with van der Waals surface area (Å²) in [7, 11) is 1.51. The number of aromatic nitrogens is 2. The van der Waals surface area contributed by atoms with E-state index in [-0.39, 0.29) is 23.8 Å². The molecule has 0 aliphatic heterocycles. The molecule has 0 amide bonds. The van der Waals surface area contributed by atoms with Gasteiger partial charge in [0.1, 0.15) is 30.1 Å². The number of rotatable bonds is 6. The van der Waals surface area contributed by atoms with Gasteiger partial charge < -0.3 is 14.5 Å². The molecule has 0 saturated heterocycles. The third kappa shape index (κ3) is 4.63. The molecule has 0 aliphatic carbocycles. The second kappa shape index (κ2) is 9.20. The number of hydrogen-bond donors (Lipinski definition) is 1. The van der Waals surface area contributed by atoms with E-state index in [1.807, 2.05) is 0 Å². The first-order valence-electron chi connectivity index (χ1n) is 9.49. The third-order valence-electron chi connectivity index (χ3n) is 4.71. The van der Waals surface area contributed by atoms with Crippen molar-refractivity contribution in [3.05, 3.63) is 87.7 Å². The zero-order valence-corrected chi connectivity index (χ0v) is 18.4. The van der Waals surface area contributed by atoms with Crippen LogP contribution in [0.1, 0.15) is 17.0 Å². The number of nitrogens with one attached hydrogen (secondary N) is 1. The number of nitrogens with zero attached hydrogens (tertiary/aromatic N) is 2. The number of aromatic amines is 1. The van der Waals surface area contributed by atoms with Crippen molar-refractivity contribution < 1.29 is 18.3 Å². The maximum absolute atomic E-state index is 13.5. The zero-order valence-electron chi connectivity index (χ0n) is 16.8. The van der Waals surface area contributed by atoms with Crippen molar-refractivity contribution in [2.45, 2.75) is 6.61 Å². The number of halogens is 3. The summed E-state index contributed by atoms with van der Waals surface area (Å²) in [6.45, 7) is 0.233. The average Bonchev–Trinajstić information content (AvgIpc) is 3.21. The van der Waals surface area contributed by atoms with Gasteiger partial charge in [0.25, 0.3) is 0 Å². The Morgan fingerprint density at radius 3 is 2.56 bits per heavy atom. The van der Waals surface area contributed by atoms with Crippen molar-refractivity contribution in [2.24, 2.45) is 0 Å². The fourth-order valence-electron chi connectivity index (χ4n) is 3.09. The van der Waals surface area contributed by atoms with Crippen molar-refractivity contribution in [1.82, 2.24) is 9.97 Å². The van der Waals surface area contributed by atoms with Gasteiger partial charge in [-0.15, -0.1) is 0 Å². The number of ether oxygens (including phenoxy) is 2. The molecule has 0 fully saturated rings. The van der Waals surface area contributed by atoms with Gasteiger partial charge >= 0.3 is 0 Å². The second-order valence-corrected chi connectivity index (χ2v) is 7.71. The predicted octanol–water partition coefficient (Wildman–Crippen LogP) is 6.26. The quantitative estimate of drug-likeness (QED) is 0.320. The fourth-order valence-corrected chi connectivity index (χ4v) is 3.53. The van der Waals surface area contributed by atoms with E-state index < -0.39 is 0 Å². The molecule has 32 heavy (non-hydrogen) atoms. The molecular formula is C24H16BrF2N3O2. The molecule has 0 radical (unpaired) electrons. The monoisotopic (exact) mass is 495 g/mol. The highest BCUT2D eigenvalue weighted by Crippen LogP contribution is 2.36. The van der Waals surface area contributed by atoms with E-state index in [9.17, 15) is 14.0 Å². The van der Waals surface area contributed by atoms with Gasteiger partial charge in [-0.2, -0.15) is 5.26 Å². The lowest BCUT2D eigenvalue weighted by atomic mass is 10.1. The van der Waals surface area contributed by atoms with Crippen LogP contribution in [0.2, 0.25) is 0 Å². The van der Waals surface area contributed by atoms with E-state index in [1.165, 1.54) is 31.4 Å². The Hall–Kier alpha value is -3.70. The number of methoxy groups -OCH3 is 1. The Balaban J connectivity index is 1.64. The number of H-pyrrole nitrogens is 1. The third-order valence-corrected chi connectivity index (χ3v) is 5.40. The topological polar surface area (TPSA) is 70.9 Å². The molecule has 4 aromatic rings. The average molecular weight is 496 g/mol. The van der Waals surface area contributed by atoms with Crippen LogP contribution in [-0.2, 0) is 6.61 Å². The second-order valence-electron chi connectivity index (χ2n) is 6.86. The highest BCUT2D eigenvalue weighted by Gasteiger charge is 2.13. The zero-order chi connectivity index (χ0) is 22.7. The standard InChI is InChI=1S/C24H16BrF2N3O2/c1-31-22-9-15(19(25)11-23(22)32-13-14-2-4-17(26)5-3-14)8-16(12-28)24-29-20-7-6-18(27)10-21(20)30-24/h2-11H,13H2,1H3,(H,29,30)/b16-8-. The van der Waals surface area contributed by atoms with E-state index in [0.717, 1.165) is 5.56 Å². The van der Waals surface area contributed by atoms with Gasteiger partial charge in [0.05, 0.1) is 23.7 Å². The maximum atomic E-state index is 13.5. The molecule has 0 saturated carbocycles. The van der Waals surface area contributed by atoms with Crippen LogP contribution in [-0.4, -0.2) is 17.1 Å². The van der Waals surface area contributed by atoms with Crippen LogP contribution >= 0.6 is 15.9 Å². The summed E-state index contributed by atoms with van der Waals surface area (Å²) in [6, 6.07) is 15.8. The van der Waals surface area contributed by atoms with Crippen molar-refractivity contribution in [1.29, 1.82) is 5.26 Å². The minimum absolute atomic E-state index is 0.233. The summed E-state index contributed by atoms with van der Waals surface area (Å²) in [5.41, 5.74) is 2.80. The Bertz CT molecular complexity index is 1360. The van der Waals surface area contributed by atoms with E-state index in [1.54, 1.807) is 36.4 Å². The molecule has 0 atom stereocenters. The first-order chi connectivity index (χ1) is 15.5. The number of hydrogen-bond acceptors (Lipinski definition) is 4. The Morgan fingerprint density at radius 2 is 1.84 bits per heavy atom. The summed E-state index contributed by atoms with van der Waals surface area (Å²) >= 11 is 3.50. The maximum Gasteiger partial charge on any atom is 0.162 e. The summed E-state index contributed by atoms with van der Waals surface area (Å²) in [4.78, 5) is 7.34. The van der Waals surface area contributed by atoms with E-state index in [0.29, 0.717) is 38.4 Å². The largest absolute Gasteiger partial charge is 0.493 e. The highest BCUT2D eigenvalue weighted by atomic mass is 79.9. The van der Waals surface area contributed by atoms with Gasteiger partial charge in [0.2, 0.25) is 0 Å². The molecule has 1 heterocycles. The predicted molar refractivity (Wildman–Crippen MR) is 121 cm³/mol. The van der Waals surface area contributed by atoms with Crippen molar-refractivity contribution in [2.75, 3.05) is 7.11 Å². The van der Waals surface area contributed by atoms with Gasteiger partial charge in [0.15, 0.2) is 11.5 Å². The first kappa shape index (κ1) is 21.5. The number of allylic oxidation sites excluding steroid dienone is 1. The number of benzene rings is 3. The van der Waals surface area contributed by atoms with Gasteiger partial charge in [-0.25, -0.2) is 13.8 Å².